The third-order valence-corrected chi connectivity index (χ3v) is 5.32. The van der Waals surface area contributed by atoms with Crippen LogP contribution in [0, 0.1) is 5.41 Å². The van der Waals surface area contributed by atoms with Gasteiger partial charge in [0.05, 0.1) is 0 Å². The maximum absolute atomic E-state index is 12.4. The molecule has 1 aromatic carbocycles. The number of aliphatic hydroxyl groups is 1. The number of amides is 2. The number of hydrogen-bond donors (Lipinski definition) is 3. The van der Waals surface area contributed by atoms with Crippen molar-refractivity contribution < 1.29 is 14.7 Å². The second-order valence-corrected chi connectivity index (χ2v) is 8.24. The van der Waals surface area contributed by atoms with E-state index in [-0.39, 0.29) is 23.3 Å². The first-order chi connectivity index (χ1) is 11.2. The van der Waals surface area contributed by atoms with Gasteiger partial charge in [-0.25, -0.2) is 0 Å². The molecule has 2 aliphatic rings. The van der Waals surface area contributed by atoms with Gasteiger partial charge in [-0.2, -0.15) is 0 Å². The maximum Gasteiger partial charge on any atom is 0.252 e. The lowest BCUT2D eigenvalue weighted by Crippen LogP contribution is -2.57. The van der Waals surface area contributed by atoms with Gasteiger partial charge in [-0.15, -0.1) is 0 Å². The first kappa shape index (κ1) is 17.0. The number of rotatable bonds is 3. The van der Waals surface area contributed by atoms with Gasteiger partial charge in [-0.05, 0) is 36.2 Å². The summed E-state index contributed by atoms with van der Waals surface area (Å²) in [7, 11) is 0. The summed E-state index contributed by atoms with van der Waals surface area (Å²) in [5.74, 6) is -0.392. The van der Waals surface area contributed by atoms with Crippen molar-refractivity contribution in [2.45, 2.75) is 63.6 Å². The molecule has 130 valence electrons. The van der Waals surface area contributed by atoms with Gasteiger partial charge in [0.15, 0.2) is 0 Å². The van der Waals surface area contributed by atoms with Gasteiger partial charge < -0.3 is 15.7 Å². The zero-order chi connectivity index (χ0) is 17.5. The minimum atomic E-state index is -1.36. The standard InChI is InChI=1S/C19H26N2O3/c1-18(2,3)15-9-14(16(22)21-15)20-17(23)19(24)10-13(11-19)12-7-5-4-6-8-12/h4-8,13-15,24H,9-11H2,1-3H3,(H,20,23)(H,21,22)/t13?,14-,15-,19?/m0/s1. The van der Waals surface area contributed by atoms with Crippen LogP contribution in [0.4, 0.5) is 0 Å². The van der Waals surface area contributed by atoms with Crippen molar-refractivity contribution >= 4 is 11.8 Å². The van der Waals surface area contributed by atoms with Crippen LogP contribution in [0.5, 0.6) is 0 Å². The van der Waals surface area contributed by atoms with Gasteiger partial charge >= 0.3 is 0 Å². The molecule has 0 radical (unpaired) electrons. The van der Waals surface area contributed by atoms with Crippen molar-refractivity contribution in [1.29, 1.82) is 0 Å². The predicted octanol–water partition coefficient (Wildman–Crippen LogP) is 1.71. The molecule has 1 saturated heterocycles. The summed E-state index contributed by atoms with van der Waals surface area (Å²) in [5, 5.41) is 16.2. The van der Waals surface area contributed by atoms with Gasteiger partial charge in [-0.1, -0.05) is 51.1 Å². The predicted molar refractivity (Wildman–Crippen MR) is 91.3 cm³/mol. The summed E-state index contributed by atoms with van der Waals surface area (Å²) < 4.78 is 0. The zero-order valence-corrected chi connectivity index (χ0v) is 14.5. The van der Waals surface area contributed by atoms with Crippen molar-refractivity contribution in [3.8, 4) is 0 Å². The third-order valence-electron chi connectivity index (χ3n) is 5.32. The van der Waals surface area contributed by atoms with Crippen molar-refractivity contribution in [2.75, 3.05) is 0 Å². The monoisotopic (exact) mass is 330 g/mol. The molecule has 24 heavy (non-hydrogen) atoms. The Morgan fingerprint density at radius 1 is 1.25 bits per heavy atom. The van der Waals surface area contributed by atoms with Crippen LogP contribution >= 0.6 is 0 Å². The molecular weight excluding hydrogens is 304 g/mol. The molecule has 2 amide bonds. The molecule has 0 aromatic heterocycles. The molecule has 0 unspecified atom stereocenters. The Morgan fingerprint density at radius 2 is 1.88 bits per heavy atom. The number of carbonyl (C=O) groups is 2. The molecule has 3 rings (SSSR count). The highest BCUT2D eigenvalue weighted by Crippen LogP contribution is 2.45. The second-order valence-electron chi connectivity index (χ2n) is 8.24. The molecule has 5 heteroatoms. The molecule has 5 nitrogen and oxygen atoms in total. The first-order valence-corrected chi connectivity index (χ1v) is 8.58. The number of carbonyl (C=O) groups excluding carboxylic acids is 2. The topological polar surface area (TPSA) is 78.4 Å². The average Bonchev–Trinajstić information content (AvgIpc) is 2.86. The summed E-state index contributed by atoms with van der Waals surface area (Å²) in [6, 6.07) is 9.38. The molecule has 2 atom stereocenters. The smallest absolute Gasteiger partial charge is 0.252 e. The minimum absolute atomic E-state index is 0.0309. The molecule has 1 aliphatic heterocycles. The molecule has 1 saturated carbocycles. The largest absolute Gasteiger partial charge is 0.380 e. The van der Waals surface area contributed by atoms with E-state index in [9.17, 15) is 14.7 Å². The first-order valence-electron chi connectivity index (χ1n) is 8.58. The lowest BCUT2D eigenvalue weighted by molar-refractivity contribution is -0.152. The number of benzene rings is 1. The minimum Gasteiger partial charge on any atom is -0.380 e. The Hall–Kier alpha value is -1.88. The van der Waals surface area contributed by atoms with Crippen LogP contribution in [0.15, 0.2) is 30.3 Å². The average molecular weight is 330 g/mol. The molecule has 0 bridgehead atoms. The van der Waals surface area contributed by atoms with Crippen molar-refractivity contribution in [3.05, 3.63) is 35.9 Å². The molecule has 0 spiro atoms. The van der Waals surface area contributed by atoms with Crippen LogP contribution < -0.4 is 10.6 Å². The van der Waals surface area contributed by atoms with E-state index in [0.29, 0.717) is 19.3 Å². The quantitative estimate of drug-likeness (QED) is 0.789. The van der Waals surface area contributed by atoms with Crippen molar-refractivity contribution in [3.63, 3.8) is 0 Å². The van der Waals surface area contributed by atoms with E-state index in [4.69, 9.17) is 0 Å². The van der Waals surface area contributed by atoms with Gasteiger partial charge in [0.2, 0.25) is 5.91 Å². The van der Waals surface area contributed by atoms with Gasteiger partial charge in [0.25, 0.3) is 5.91 Å². The van der Waals surface area contributed by atoms with E-state index in [1.807, 2.05) is 30.3 Å². The lowest BCUT2D eigenvalue weighted by Gasteiger charge is -2.42. The van der Waals surface area contributed by atoms with Crippen LogP contribution in [0.2, 0.25) is 0 Å². The summed E-state index contributed by atoms with van der Waals surface area (Å²) in [6.45, 7) is 6.18. The molecule has 1 aromatic rings. The van der Waals surface area contributed by atoms with Gasteiger partial charge in [0.1, 0.15) is 11.6 Å². The summed E-state index contributed by atoms with van der Waals surface area (Å²) >= 11 is 0. The van der Waals surface area contributed by atoms with E-state index < -0.39 is 17.6 Å². The van der Waals surface area contributed by atoms with E-state index in [0.717, 1.165) is 5.56 Å². The molecule has 3 N–H and O–H groups in total. The lowest BCUT2D eigenvalue weighted by atomic mass is 9.67. The number of nitrogens with one attached hydrogen (secondary N) is 2. The maximum atomic E-state index is 12.4. The van der Waals surface area contributed by atoms with E-state index >= 15 is 0 Å². The molecule has 1 heterocycles. The molecular formula is C19H26N2O3. The summed E-state index contributed by atoms with van der Waals surface area (Å²) in [6.07, 6.45) is 1.37. The van der Waals surface area contributed by atoms with E-state index in [1.165, 1.54) is 0 Å². The fourth-order valence-electron chi connectivity index (χ4n) is 3.56. The highest BCUT2D eigenvalue weighted by atomic mass is 16.3. The van der Waals surface area contributed by atoms with Crippen LogP contribution in [-0.2, 0) is 9.59 Å². The zero-order valence-electron chi connectivity index (χ0n) is 14.5. The Bertz CT molecular complexity index is 630. The molecule has 1 aliphatic carbocycles. The highest BCUT2D eigenvalue weighted by molar-refractivity contribution is 5.93. The highest BCUT2D eigenvalue weighted by Gasteiger charge is 2.50. The fourth-order valence-corrected chi connectivity index (χ4v) is 3.56. The van der Waals surface area contributed by atoms with Crippen molar-refractivity contribution in [1.82, 2.24) is 10.6 Å². The number of hydrogen-bond acceptors (Lipinski definition) is 3. The fraction of sp³-hybridized carbons (Fsp3) is 0.579. The van der Waals surface area contributed by atoms with Gasteiger partial charge in [0, 0.05) is 6.04 Å². The SMILES string of the molecule is CC(C)(C)[C@@H]1C[C@H](NC(=O)C2(O)CC(c3ccccc3)C2)C(=O)N1. The van der Waals surface area contributed by atoms with E-state index in [1.54, 1.807) is 0 Å². The summed E-state index contributed by atoms with van der Waals surface area (Å²) in [4.78, 5) is 24.5. The molecule has 2 fully saturated rings. The Labute approximate surface area is 142 Å². The van der Waals surface area contributed by atoms with Crippen LogP contribution in [0.1, 0.15) is 51.5 Å². The Morgan fingerprint density at radius 3 is 2.42 bits per heavy atom. The summed E-state index contributed by atoms with van der Waals surface area (Å²) in [5.41, 5.74) is -0.275. The van der Waals surface area contributed by atoms with Gasteiger partial charge in [-0.3, -0.25) is 9.59 Å². The van der Waals surface area contributed by atoms with Crippen molar-refractivity contribution in [2.24, 2.45) is 5.41 Å². The normalized spacial score (nSPS) is 32.8. The third kappa shape index (κ3) is 3.18. The van der Waals surface area contributed by atoms with E-state index in [2.05, 4.69) is 31.4 Å². The van der Waals surface area contributed by atoms with Crippen LogP contribution in [0.3, 0.4) is 0 Å². The van der Waals surface area contributed by atoms with Crippen LogP contribution in [-0.4, -0.2) is 34.6 Å². The second kappa shape index (κ2) is 5.88. The Kier molecular flexibility index (Phi) is 4.16. The van der Waals surface area contributed by atoms with Crippen LogP contribution in [0.25, 0.3) is 0 Å². The Balaban J connectivity index is 1.57.